The highest BCUT2D eigenvalue weighted by Crippen LogP contribution is 2.25. The van der Waals surface area contributed by atoms with Crippen LogP contribution in [-0.4, -0.2) is 33.0 Å². The minimum absolute atomic E-state index is 0.0147. The van der Waals surface area contributed by atoms with Crippen LogP contribution in [0.5, 0.6) is 0 Å². The summed E-state index contributed by atoms with van der Waals surface area (Å²) in [5.41, 5.74) is 0. The molecule has 0 heterocycles. The molecular weight excluding hydrogens is 171 g/mol. The molecule has 0 aromatic rings. The fourth-order valence-electron chi connectivity index (χ4n) is 0.879. The van der Waals surface area contributed by atoms with Gasteiger partial charge in [0.1, 0.15) is 0 Å². The highest BCUT2D eigenvalue weighted by molar-refractivity contribution is 4.67. The van der Waals surface area contributed by atoms with Crippen LogP contribution in [0.3, 0.4) is 0 Å². The molecule has 0 aliphatic rings. The number of nitrogens with one attached hydrogen (secondary N) is 1. The first-order valence-electron chi connectivity index (χ1n) is 3.76. The van der Waals surface area contributed by atoms with Gasteiger partial charge < -0.3 is 10.1 Å². The summed E-state index contributed by atoms with van der Waals surface area (Å²) in [5, 5.41) is 2.78. The Bertz CT molecular complexity index is 116. The monoisotopic (exact) mass is 185 g/mol. The smallest absolute Gasteiger partial charge is 0.372 e. The van der Waals surface area contributed by atoms with Crippen molar-refractivity contribution in [2.45, 2.75) is 25.1 Å². The molecule has 1 unspecified atom stereocenters. The average Bonchev–Trinajstić information content (AvgIpc) is 1.95. The van der Waals surface area contributed by atoms with Crippen LogP contribution in [-0.2, 0) is 4.74 Å². The van der Waals surface area contributed by atoms with Crippen molar-refractivity contribution in [1.82, 2.24) is 5.32 Å². The first-order valence-corrected chi connectivity index (χ1v) is 3.76. The number of alkyl halides is 3. The topological polar surface area (TPSA) is 21.3 Å². The van der Waals surface area contributed by atoms with Crippen molar-refractivity contribution >= 4 is 0 Å². The summed E-state index contributed by atoms with van der Waals surface area (Å²) in [4.78, 5) is 0. The average molecular weight is 185 g/mol. The van der Waals surface area contributed by atoms with Crippen LogP contribution in [0.15, 0.2) is 0 Å². The lowest BCUT2D eigenvalue weighted by Gasteiger charge is -2.18. The first-order chi connectivity index (χ1) is 5.52. The maximum absolute atomic E-state index is 12.0. The lowest BCUT2D eigenvalue weighted by molar-refractivity contribution is -0.214. The lowest BCUT2D eigenvalue weighted by atomic mass is 10.2. The predicted molar refractivity (Wildman–Crippen MR) is 40.0 cm³/mol. The van der Waals surface area contributed by atoms with Gasteiger partial charge in [0.15, 0.2) is 6.10 Å². The number of halogens is 3. The minimum atomic E-state index is -4.23. The summed E-state index contributed by atoms with van der Waals surface area (Å²) in [6.07, 6.45) is -5.37. The van der Waals surface area contributed by atoms with Crippen molar-refractivity contribution in [2.75, 3.05) is 20.7 Å². The molecule has 0 radical (unpaired) electrons. The van der Waals surface area contributed by atoms with Gasteiger partial charge >= 0.3 is 6.18 Å². The molecule has 0 aromatic carbocycles. The third-order valence-corrected chi connectivity index (χ3v) is 1.54. The van der Waals surface area contributed by atoms with Crippen molar-refractivity contribution in [3.63, 3.8) is 0 Å². The maximum Gasteiger partial charge on any atom is 0.414 e. The molecule has 12 heavy (non-hydrogen) atoms. The molecule has 0 aliphatic heterocycles. The summed E-state index contributed by atoms with van der Waals surface area (Å²) in [6.45, 7) is 0.579. The number of hydrogen-bond acceptors (Lipinski definition) is 2. The molecule has 0 bridgehead atoms. The Morgan fingerprint density at radius 1 is 1.42 bits per heavy atom. The van der Waals surface area contributed by atoms with E-state index in [0.717, 1.165) is 7.11 Å². The maximum atomic E-state index is 12.0. The lowest BCUT2D eigenvalue weighted by Crippen LogP contribution is -2.31. The van der Waals surface area contributed by atoms with Crippen LogP contribution < -0.4 is 5.32 Å². The Labute approximate surface area is 70.1 Å². The van der Waals surface area contributed by atoms with Crippen LogP contribution in [0.2, 0.25) is 0 Å². The van der Waals surface area contributed by atoms with Gasteiger partial charge in [0.2, 0.25) is 0 Å². The molecule has 0 saturated carbocycles. The van der Waals surface area contributed by atoms with Gasteiger partial charge in [-0.15, -0.1) is 0 Å². The van der Waals surface area contributed by atoms with Crippen LogP contribution in [0.1, 0.15) is 12.8 Å². The molecule has 1 N–H and O–H groups in total. The van der Waals surface area contributed by atoms with Crippen LogP contribution >= 0.6 is 0 Å². The predicted octanol–water partition coefficient (Wildman–Crippen LogP) is 1.56. The van der Waals surface area contributed by atoms with Crippen molar-refractivity contribution in [3.05, 3.63) is 0 Å². The van der Waals surface area contributed by atoms with Gasteiger partial charge in [-0.05, 0) is 26.4 Å². The Hall–Kier alpha value is -0.290. The normalized spacial score (nSPS) is 14.8. The number of rotatable bonds is 5. The first kappa shape index (κ1) is 11.7. The Morgan fingerprint density at radius 3 is 2.33 bits per heavy atom. The van der Waals surface area contributed by atoms with Gasteiger partial charge in [0.05, 0.1) is 0 Å². The molecule has 0 aromatic heterocycles. The van der Waals surface area contributed by atoms with E-state index in [1.165, 1.54) is 0 Å². The van der Waals surface area contributed by atoms with Crippen LogP contribution in [0.4, 0.5) is 13.2 Å². The van der Waals surface area contributed by atoms with E-state index >= 15 is 0 Å². The summed E-state index contributed by atoms with van der Waals surface area (Å²) >= 11 is 0. The molecule has 2 nitrogen and oxygen atoms in total. The molecule has 74 valence electrons. The Balaban J connectivity index is 3.68. The fourth-order valence-corrected chi connectivity index (χ4v) is 0.879. The quantitative estimate of drug-likeness (QED) is 0.656. The van der Waals surface area contributed by atoms with Gasteiger partial charge in [-0.3, -0.25) is 0 Å². The largest absolute Gasteiger partial charge is 0.414 e. The Morgan fingerprint density at radius 2 is 2.00 bits per heavy atom. The highest BCUT2D eigenvalue weighted by atomic mass is 19.4. The van der Waals surface area contributed by atoms with E-state index in [4.69, 9.17) is 0 Å². The molecule has 5 heteroatoms. The van der Waals surface area contributed by atoms with Crippen molar-refractivity contribution in [1.29, 1.82) is 0 Å². The fraction of sp³-hybridized carbons (Fsp3) is 1.00. The van der Waals surface area contributed by atoms with Gasteiger partial charge in [0, 0.05) is 7.11 Å². The third-order valence-electron chi connectivity index (χ3n) is 1.54. The molecule has 0 rings (SSSR count). The van der Waals surface area contributed by atoms with Gasteiger partial charge in [-0.2, -0.15) is 13.2 Å². The zero-order valence-electron chi connectivity index (χ0n) is 7.24. The van der Waals surface area contributed by atoms with E-state index in [1.807, 2.05) is 0 Å². The zero-order valence-corrected chi connectivity index (χ0v) is 7.24. The molecule has 0 saturated heterocycles. The second-order valence-corrected chi connectivity index (χ2v) is 2.51. The minimum Gasteiger partial charge on any atom is -0.372 e. The van der Waals surface area contributed by atoms with Crippen LogP contribution in [0, 0.1) is 0 Å². The van der Waals surface area contributed by atoms with E-state index in [1.54, 1.807) is 7.05 Å². The van der Waals surface area contributed by atoms with E-state index in [9.17, 15) is 13.2 Å². The summed E-state index contributed by atoms with van der Waals surface area (Å²) in [7, 11) is 2.78. The number of methoxy groups -OCH3 is 1. The molecule has 0 fully saturated rings. The van der Waals surface area contributed by atoms with E-state index < -0.39 is 12.3 Å². The summed E-state index contributed by atoms with van der Waals surface area (Å²) < 4.78 is 40.3. The molecular formula is C7H14F3NO. The second kappa shape index (κ2) is 5.37. The van der Waals surface area contributed by atoms with Gasteiger partial charge in [-0.25, -0.2) is 0 Å². The third kappa shape index (κ3) is 4.56. The Kier molecular flexibility index (Phi) is 5.24. The standard InChI is InChI=1S/C7H14F3NO/c1-11-5-3-4-6(12-2)7(8,9)10/h6,11H,3-5H2,1-2H3. The zero-order chi connectivity index (χ0) is 9.61. The molecule has 0 aliphatic carbocycles. The van der Waals surface area contributed by atoms with Gasteiger partial charge in [-0.1, -0.05) is 0 Å². The highest BCUT2D eigenvalue weighted by Gasteiger charge is 2.39. The van der Waals surface area contributed by atoms with Gasteiger partial charge in [0.25, 0.3) is 0 Å². The molecule has 1 atom stereocenters. The van der Waals surface area contributed by atoms with E-state index in [2.05, 4.69) is 10.1 Å². The summed E-state index contributed by atoms with van der Waals surface area (Å²) in [6, 6.07) is 0. The number of hydrogen-bond donors (Lipinski definition) is 1. The SMILES string of the molecule is CNCCCC(OC)C(F)(F)F. The summed E-state index contributed by atoms with van der Waals surface area (Å²) in [5.74, 6) is 0. The van der Waals surface area contributed by atoms with Crippen molar-refractivity contribution in [2.24, 2.45) is 0 Å². The van der Waals surface area contributed by atoms with Crippen molar-refractivity contribution < 1.29 is 17.9 Å². The van der Waals surface area contributed by atoms with Crippen molar-refractivity contribution in [3.8, 4) is 0 Å². The molecule has 0 spiro atoms. The molecule has 0 amide bonds. The number of ether oxygens (including phenoxy) is 1. The van der Waals surface area contributed by atoms with E-state index in [-0.39, 0.29) is 6.42 Å². The second-order valence-electron chi connectivity index (χ2n) is 2.51. The van der Waals surface area contributed by atoms with Crippen LogP contribution in [0.25, 0.3) is 0 Å². The van der Waals surface area contributed by atoms with E-state index in [0.29, 0.717) is 13.0 Å².